The summed E-state index contributed by atoms with van der Waals surface area (Å²) in [5.41, 5.74) is 6.51. The molecule has 0 spiro atoms. The summed E-state index contributed by atoms with van der Waals surface area (Å²) in [6.07, 6.45) is 0. The van der Waals surface area contributed by atoms with E-state index in [2.05, 4.69) is 15.8 Å². The van der Waals surface area contributed by atoms with Gasteiger partial charge in [0.1, 0.15) is 0 Å². The molecule has 0 aliphatic heterocycles. The van der Waals surface area contributed by atoms with Crippen molar-refractivity contribution in [2.45, 2.75) is 20.8 Å². The number of carbonyl (C=O) groups excluding carboxylic acids is 2. The first kappa shape index (κ1) is 24.2. The van der Waals surface area contributed by atoms with Gasteiger partial charge in [0.05, 0.1) is 22.4 Å². The van der Waals surface area contributed by atoms with Crippen LogP contribution < -0.4 is 10.7 Å². The molecule has 3 aromatic carbocycles. The average Bonchev–Trinajstić information content (AvgIpc) is 3.13. The highest BCUT2D eigenvalue weighted by atomic mass is 16.4. The van der Waals surface area contributed by atoms with Crippen molar-refractivity contribution in [3.8, 4) is 11.6 Å². The molecule has 0 radical (unpaired) electrons. The number of fused-ring (bicyclic) bond motifs is 1. The summed E-state index contributed by atoms with van der Waals surface area (Å²) in [5, 5.41) is 27.9. The van der Waals surface area contributed by atoms with Gasteiger partial charge in [0, 0.05) is 29.2 Å². The van der Waals surface area contributed by atoms with Crippen molar-refractivity contribution in [2.24, 2.45) is 5.10 Å². The number of rotatable bonds is 6. The Labute approximate surface area is 206 Å². The number of benzene rings is 3. The van der Waals surface area contributed by atoms with E-state index >= 15 is 0 Å². The Morgan fingerprint density at radius 3 is 2.14 bits per heavy atom. The minimum absolute atomic E-state index is 0.0649. The van der Waals surface area contributed by atoms with Crippen LogP contribution in [0.15, 0.2) is 71.8 Å². The molecule has 0 fully saturated rings. The highest BCUT2D eigenvalue weighted by Gasteiger charge is 2.21. The van der Waals surface area contributed by atoms with E-state index in [1.807, 2.05) is 31.2 Å². The molecule has 182 valence electrons. The standard InChI is InChI=1S/C27H24N4O5/c1-15-4-11-21(12-5-15)31-23-13-10-20(28-17(3)32)14-22(23)24(26(31)34)16(2)29-30-25(33)18-6-8-19(9-7-18)27(35)36/h4-14,34H,1-3H3,(H,28,32)(H,30,33)(H,35,36)/b29-16+. The van der Waals surface area contributed by atoms with E-state index in [1.165, 1.54) is 31.2 Å². The Kier molecular flexibility index (Phi) is 6.56. The van der Waals surface area contributed by atoms with Gasteiger partial charge < -0.3 is 15.5 Å². The molecule has 1 heterocycles. The zero-order chi connectivity index (χ0) is 26.0. The first-order valence-corrected chi connectivity index (χ1v) is 11.1. The Hall–Kier alpha value is -4.92. The van der Waals surface area contributed by atoms with Crippen LogP contribution in [0.25, 0.3) is 16.6 Å². The number of hydrogen-bond acceptors (Lipinski definition) is 5. The zero-order valence-electron chi connectivity index (χ0n) is 19.9. The van der Waals surface area contributed by atoms with Crippen molar-refractivity contribution in [2.75, 3.05) is 5.32 Å². The molecule has 2 amide bonds. The van der Waals surface area contributed by atoms with E-state index < -0.39 is 11.9 Å². The van der Waals surface area contributed by atoms with Crippen LogP contribution in [0.1, 0.15) is 45.7 Å². The highest BCUT2D eigenvalue weighted by Crippen LogP contribution is 2.36. The maximum absolute atomic E-state index is 12.6. The Balaban J connectivity index is 1.76. The summed E-state index contributed by atoms with van der Waals surface area (Å²) in [6, 6.07) is 18.4. The molecule has 0 unspecified atom stereocenters. The number of carboxylic acids is 1. The highest BCUT2D eigenvalue weighted by molar-refractivity contribution is 6.14. The fourth-order valence-electron chi connectivity index (χ4n) is 3.89. The second kappa shape index (κ2) is 9.75. The van der Waals surface area contributed by atoms with E-state index in [-0.39, 0.29) is 22.9 Å². The Morgan fingerprint density at radius 1 is 0.889 bits per heavy atom. The maximum Gasteiger partial charge on any atom is 0.335 e. The van der Waals surface area contributed by atoms with Crippen LogP contribution in [0.4, 0.5) is 5.69 Å². The van der Waals surface area contributed by atoms with Crippen LogP contribution in [-0.2, 0) is 4.79 Å². The number of amides is 2. The lowest BCUT2D eigenvalue weighted by Crippen LogP contribution is -2.19. The second-order valence-corrected chi connectivity index (χ2v) is 8.30. The number of aromatic carboxylic acids is 1. The first-order chi connectivity index (χ1) is 17.2. The van der Waals surface area contributed by atoms with Crippen LogP contribution in [0.5, 0.6) is 5.88 Å². The van der Waals surface area contributed by atoms with Gasteiger partial charge in [0.25, 0.3) is 5.91 Å². The monoisotopic (exact) mass is 484 g/mol. The Morgan fingerprint density at radius 2 is 1.53 bits per heavy atom. The number of carbonyl (C=O) groups is 3. The largest absolute Gasteiger partial charge is 0.494 e. The summed E-state index contributed by atoms with van der Waals surface area (Å²) < 4.78 is 1.67. The van der Waals surface area contributed by atoms with E-state index in [1.54, 1.807) is 29.7 Å². The van der Waals surface area contributed by atoms with Gasteiger partial charge in [0.15, 0.2) is 0 Å². The molecule has 4 aromatic rings. The molecule has 9 nitrogen and oxygen atoms in total. The van der Waals surface area contributed by atoms with E-state index in [0.717, 1.165) is 11.3 Å². The van der Waals surface area contributed by atoms with Crippen LogP contribution in [0.2, 0.25) is 0 Å². The fourth-order valence-corrected chi connectivity index (χ4v) is 3.89. The molecular formula is C27H24N4O5. The molecule has 0 saturated carbocycles. The number of nitrogens with one attached hydrogen (secondary N) is 2. The number of aryl methyl sites for hydroxylation is 1. The number of anilines is 1. The minimum Gasteiger partial charge on any atom is -0.494 e. The van der Waals surface area contributed by atoms with E-state index in [4.69, 9.17) is 5.11 Å². The average molecular weight is 485 g/mol. The van der Waals surface area contributed by atoms with Crippen molar-refractivity contribution in [3.05, 3.63) is 89.0 Å². The number of hydrogen-bond donors (Lipinski definition) is 4. The minimum atomic E-state index is -1.09. The van der Waals surface area contributed by atoms with Crippen LogP contribution in [0.3, 0.4) is 0 Å². The van der Waals surface area contributed by atoms with Gasteiger partial charge in [-0.25, -0.2) is 10.2 Å². The summed E-state index contributed by atoms with van der Waals surface area (Å²) >= 11 is 0. The molecule has 0 saturated heterocycles. The molecule has 0 atom stereocenters. The molecule has 0 bridgehead atoms. The third-order valence-corrected chi connectivity index (χ3v) is 5.64. The number of hydrazone groups is 1. The van der Waals surface area contributed by atoms with E-state index in [0.29, 0.717) is 27.9 Å². The second-order valence-electron chi connectivity index (χ2n) is 8.30. The van der Waals surface area contributed by atoms with Gasteiger partial charge >= 0.3 is 5.97 Å². The summed E-state index contributed by atoms with van der Waals surface area (Å²) in [5.74, 6) is -1.93. The topological polar surface area (TPSA) is 133 Å². The van der Waals surface area contributed by atoms with Crippen molar-refractivity contribution >= 4 is 40.1 Å². The molecule has 4 N–H and O–H groups in total. The third-order valence-electron chi connectivity index (χ3n) is 5.64. The first-order valence-electron chi connectivity index (χ1n) is 11.1. The third kappa shape index (κ3) is 4.80. The maximum atomic E-state index is 12.6. The van der Waals surface area contributed by atoms with Gasteiger partial charge in [-0.1, -0.05) is 17.7 Å². The lowest BCUT2D eigenvalue weighted by molar-refractivity contribution is -0.114. The van der Waals surface area contributed by atoms with E-state index in [9.17, 15) is 19.5 Å². The molecule has 0 aliphatic rings. The number of aromatic nitrogens is 1. The van der Waals surface area contributed by atoms with Gasteiger partial charge in [-0.2, -0.15) is 5.10 Å². The number of nitrogens with zero attached hydrogens (tertiary/aromatic N) is 2. The SMILES string of the molecule is CC(=O)Nc1ccc2c(c1)c(/C(C)=N/NC(=O)c1ccc(C(=O)O)cc1)c(O)n2-c1ccc(C)cc1. The van der Waals surface area contributed by atoms with Crippen LogP contribution in [-0.4, -0.2) is 38.3 Å². The zero-order valence-corrected chi connectivity index (χ0v) is 19.9. The van der Waals surface area contributed by atoms with Crippen molar-refractivity contribution in [1.29, 1.82) is 0 Å². The van der Waals surface area contributed by atoms with Crippen molar-refractivity contribution < 1.29 is 24.6 Å². The number of aromatic hydroxyl groups is 1. The van der Waals surface area contributed by atoms with Gasteiger partial charge in [-0.05, 0) is 68.4 Å². The lowest BCUT2D eigenvalue weighted by atomic mass is 10.1. The molecule has 0 aliphatic carbocycles. The predicted octanol–water partition coefficient (Wildman–Crippen LogP) is 4.46. The molecular weight excluding hydrogens is 460 g/mol. The fraction of sp³-hybridized carbons (Fsp3) is 0.111. The Bertz CT molecular complexity index is 1520. The quantitative estimate of drug-likeness (QED) is 0.237. The molecule has 1 aromatic heterocycles. The number of carboxylic acid groups (broad SMARTS) is 1. The summed E-state index contributed by atoms with van der Waals surface area (Å²) in [4.78, 5) is 35.2. The van der Waals surface area contributed by atoms with Gasteiger partial charge in [0.2, 0.25) is 11.8 Å². The normalized spacial score (nSPS) is 11.4. The van der Waals surface area contributed by atoms with Crippen molar-refractivity contribution in [1.82, 2.24) is 9.99 Å². The van der Waals surface area contributed by atoms with Crippen LogP contribution >= 0.6 is 0 Å². The molecule has 4 rings (SSSR count). The van der Waals surface area contributed by atoms with Gasteiger partial charge in [-0.3, -0.25) is 14.2 Å². The molecule has 36 heavy (non-hydrogen) atoms. The van der Waals surface area contributed by atoms with Crippen molar-refractivity contribution in [3.63, 3.8) is 0 Å². The summed E-state index contributed by atoms with van der Waals surface area (Å²) in [7, 11) is 0. The molecule has 9 heteroatoms. The lowest BCUT2D eigenvalue weighted by Gasteiger charge is -2.08. The predicted molar refractivity (Wildman–Crippen MR) is 137 cm³/mol. The van der Waals surface area contributed by atoms with Crippen LogP contribution in [0, 0.1) is 6.92 Å². The summed E-state index contributed by atoms with van der Waals surface area (Å²) in [6.45, 7) is 5.02. The smallest absolute Gasteiger partial charge is 0.335 e. The van der Waals surface area contributed by atoms with Gasteiger partial charge in [-0.15, -0.1) is 0 Å².